The fraction of sp³-hybridized carbons (Fsp3) is 0. The van der Waals surface area contributed by atoms with Gasteiger partial charge in [0.2, 0.25) is 0 Å². The standard InChI is InChI=1S/C114H67N5O3/c1-3-24-68(25-4-1)87-64-94-79-32-9-16-41-99(79)118(104-43-22-37-85-82-34-11-19-46-110(82)121-113(85)104)107(94)66-89(87)72-50-55-102-92(60-72)81-53-48-70(61-106(81)117(102)75-51-56-103-93(62-75)78-31-8-14-39-97(78)115(103)74-28-5-2-6-29-74)69-26-21-27-71(58-69)88-65-95-80-33-10-17-42-100(80)119(105-44-23-38-86-83-35-12-20-47-111(83)122-114(86)105)108(95)67-90(88)73-49-54-101-91(59-73)77-30-7-15-40-98(77)116(101)76-52-57-112-96(63-76)84-36-13-18-45-109(84)120-112/h1-67H. The summed E-state index contributed by atoms with van der Waals surface area (Å²) in [6.07, 6.45) is 0. The highest BCUT2D eigenvalue weighted by atomic mass is 16.3. The summed E-state index contributed by atoms with van der Waals surface area (Å²) in [5.74, 6) is 0. The van der Waals surface area contributed by atoms with Crippen molar-refractivity contribution < 1.29 is 13.3 Å². The predicted molar refractivity (Wildman–Crippen MR) is 507 cm³/mol. The molecule has 19 aromatic carbocycles. The summed E-state index contributed by atoms with van der Waals surface area (Å²) in [6, 6.07) is 149. The molecule has 0 unspecified atom stereocenters. The minimum absolute atomic E-state index is 0.850. The molecule has 0 saturated heterocycles. The van der Waals surface area contributed by atoms with E-state index in [1.807, 2.05) is 6.07 Å². The molecule has 566 valence electrons. The Bertz CT molecular complexity index is 9170. The van der Waals surface area contributed by atoms with Gasteiger partial charge in [0.25, 0.3) is 0 Å². The molecule has 122 heavy (non-hydrogen) atoms. The third kappa shape index (κ3) is 9.68. The maximum Gasteiger partial charge on any atom is 0.159 e. The smallest absolute Gasteiger partial charge is 0.159 e. The van der Waals surface area contributed by atoms with Gasteiger partial charge in [0, 0.05) is 103 Å². The van der Waals surface area contributed by atoms with Gasteiger partial charge in [-0.25, -0.2) is 0 Å². The normalized spacial score (nSPS) is 12.3. The van der Waals surface area contributed by atoms with Crippen molar-refractivity contribution in [3.63, 3.8) is 0 Å². The van der Waals surface area contributed by atoms with Crippen molar-refractivity contribution in [2.75, 3.05) is 0 Å². The zero-order chi connectivity index (χ0) is 79.5. The van der Waals surface area contributed by atoms with Crippen molar-refractivity contribution in [2.24, 2.45) is 0 Å². The largest absolute Gasteiger partial charge is 0.456 e. The molecular formula is C114H67N5O3. The Morgan fingerprint density at radius 3 is 1.02 bits per heavy atom. The van der Waals surface area contributed by atoms with E-state index in [0.29, 0.717) is 0 Å². The quantitative estimate of drug-likeness (QED) is 0.137. The van der Waals surface area contributed by atoms with E-state index in [1.165, 1.54) is 26.9 Å². The lowest BCUT2D eigenvalue weighted by atomic mass is 9.90. The Hall–Kier alpha value is -16.4. The maximum absolute atomic E-state index is 6.93. The van der Waals surface area contributed by atoms with Crippen molar-refractivity contribution in [1.82, 2.24) is 22.8 Å². The SMILES string of the molecule is c1ccc(-c2cc3c4ccccc4n(-c4cccc5c4oc4ccccc45)c3cc2-c2ccc3c(c2)c2ccc(-c4cccc(-c5cc6c7ccccc7n(-c7cccc8c7oc7ccccc78)c6cc5-c5ccc6c(c5)c5ccccc5n6-c5ccc6oc7ccccc7c6c5)c4)cc2n3-c2ccc3c(c2)c2ccccc2n3-c2ccccc2)cc1. The van der Waals surface area contributed by atoms with Crippen molar-refractivity contribution in [3.05, 3.63) is 406 Å². The molecule has 0 atom stereocenters. The molecule has 0 aliphatic rings. The van der Waals surface area contributed by atoms with Gasteiger partial charge in [0.1, 0.15) is 22.3 Å². The summed E-state index contributed by atoms with van der Waals surface area (Å²) in [5, 5.41) is 18.2. The average Bonchev–Trinajstić information content (AvgIpc) is 1.57. The minimum Gasteiger partial charge on any atom is -0.456 e. The number of hydrogen-bond acceptors (Lipinski definition) is 3. The Kier molecular flexibility index (Phi) is 14.0. The van der Waals surface area contributed by atoms with Gasteiger partial charge >= 0.3 is 0 Å². The van der Waals surface area contributed by atoms with E-state index in [0.717, 1.165) is 232 Å². The highest BCUT2D eigenvalue weighted by Crippen LogP contribution is 2.50. The molecule has 27 rings (SSSR count). The van der Waals surface area contributed by atoms with Crippen LogP contribution in [0.15, 0.2) is 420 Å². The molecule has 0 aliphatic carbocycles. The van der Waals surface area contributed by atoms with E-state index in [2.05, 4.69) is 423 Å². The Labute approximate surface area is 696 Å². The number of rotatable bonds is 10. The van der Waals surface area contributed by atoms with E-state index in [-0.39, 0.29) is 0 Å². The third-order valence-corrected chi connectivity index (χ3v) is 26.1. The van der Waals surface area contributed by atoms with Crippen molar-refractivity contribution >= 4 is 175 Å². The average molecular weight is 1550 g/mol. The van der Waals surface area contributed by atoms with Crippen LogP contribution in [-0.2, 0) is 0 Å². The van der Waals surface area contributed by atoms with Crippen molar-refractivity contribution in [3.8, 4) is 84.1 Å². The second-order valence-electron chi connectivity index (χ2n) is 32.5. The Morgan fingerprint density at radius 1 is 0.139 bits per heavy atom. The van der Waals surface area contributed by atoms with Crippen LogP contribution in [0.1, 0.15) is 0 Å². The molecule has 8 nitrogen and oxygen atoms in total. The third-order valence-electron chi connectivity index (χ3n) is 26.1. The van der Waals surface area contributed by atoms with Crippen molar-refractivity contribution in [2.45, 2.75) is 0 Å². The summed E-state index contributed by atoms with van der Waals surface area (Å²) < 4.78 is 32.4. The van der Waals surface area contributed by atoms with E-state index in [9.17, 15) is 0 Å². The molecule has 0 N–H and O–H groups in total. The second-order valence-corrected chi connectivity index (χ2v) is 32.5. The van der Waals surface area contributed by atoms with E-state index < -0.39 is 0 Å². The zero-order valence-electron chi connectivity index (χ0n) is 65.6. The molecule has 8 heterocycles. The number of hydrogen-bond donors (Lipinski definition) is 0. The Balaban J connectivity index is 0.677. The summed E-state index contributed by atoms with van der Waals surface area (Å²) in [5.41, 5.74) is 32.8. The fourth-order valence-electron chi connectivity index (χ4n) is 20.7. The van der Waals surface area contributed by atoms with Crippen LogP contribution < -0.4 is 0 Å². The van der Waals surface area contributed by atoms with Gasteiger partial charge in [-0.05, 0) is 219 Å². The van der Waals surface area contributed by atoms with E-state index in [4.69, 9.17) is 13.3 Å². The summed E-state index contributed by atoms with van der Waals surface area (Å²) in [4.78, 5) is 0. The Morgan fingerprint density at radius 2 is 0.467 bits per heavy atom. The predicted octanol–water partition coefficient (Wildman–Crippen LogP) is 31.2. The first-order valence-electron chi connectivity index (χ1n) is 41.8. The van der Waals surface area contributed by atoms with Crippen LogP contribution in [0.3, 0.4) is 0 Å². The van der Waals surface area contributed by atoms with Gasteiger partial charge < -0.3 is 36.1 Å². The topological polar surface area (TPSA) is 64.1 Å². The van der Waals surface area contributed by atoms with Crippen LogP contribution in [0.5, 0.6) is 0 Å². The number of fused-ring (bicyclic) bond motifs is 24. The van der Waals surface area contributed by atoms with Crippen molar-refractivity contribution in [1.29, 1.82) is 0 Å². The zero-order valence-corrected chi connectivity index (χ0v) is 65.6. The van der Waals surface area contributed by atoms with Crippen LogP contribution in [0.25, 0.3) is 259 Å². The first-order chi connectivity index (χ1) is 60.5. The first kappa shape index (κ1) is 66.7. The molecule has 0 spiro atoms. The summed E-state index contributed by atoms with van der Waals surface area (Å²) in [7, 11) is 0. The number of para-hydroxylation sites is 10. The first-order valence-corrected chi connectivity index (χ1v) is 41.8. The molecule has 8 aromatic heterocycles. The van der Waals surface area contributed by atoms with Gasteiger partial charge in [-0.15, -0.1) is 0 Å². The summed E-state index contributed by atoms with van der Waals surface area (Å²) >= 11 is 0. The van der Waals surface area contributed by atoms with Crippen LogP contribution in [0.2, 0.25) is 0 Å². The molecule has 0 radical (unpaired) electrons. The number of aromatic nitrogens is 5. The molecule has 0 aliphatic heterocycles. The maximum atomic E-state index is 6.93. The highest BCUT2D eigenvalue weighted by molar-refractivity contribution is 6.21. The minimum atomic E-state index is 0.850. The van der Waals surface area contributed by atoms with Gasteiger partial charge in [0.15, 0.2) is 11.2 Å². The number of furan rings is 3. The molecular weight excluding hydrogens is 1490 g/mol. The van der Waals surface area contributed by atoms with E-state index >= 15 is 0 Å². The fourth-order valence-corrected chi connectivity index (χ4v) is 20.7. The highest BCUT2D eigenvalue weighted by Gasteiger charge is 2.27. The molecule has 0 saturated carbocycles. The monoisotopic (exact) mass is 1550 g/mol. The summed E-state index contributed by atoms with van der Waals surface area (Å²) in [6.45, 7) is 0. The second kappa shape index (κ2) is 25.5. The van der Waals surface area contributed by atoms with Gasteiger partial charge in [-0.3, -0.25) is 0 Å². The van der Waals surface area contributed by atoms with Gasteiger partial charge in [-0.2, -0.15) is 0 Å². The molecule has 8 heteroatoms. The van der Waals surface area contributed by atoms with Crippen LogP contribution >= 0.6 is 0 Å². The molecule has 27 aromatic rings. The lowest BCUT2D eigenvalue weighted by Crippen LogP contribution is -1.96. The van der Waals surface area contributed by atoms with Crippen LogP contribution in [0, 0.1) is 0 Å². The van der Waals surface area contributed by atoms with Crippen LogP contribution in [0.4, 0.5) is 0 Å². The lowest BCUT2D eigenvalue weighted by Gasteiger charge is -2.15. The van der Waals surface area contributed by atoms with E-state index in [1.54, 1.807) is 0 Å². The molecule has 0 amide bonds. The van der Waals surface area contributed by atoms with Gasteiger partial charge in [0.05, 0.1) is 66.5 Å². The molecule has 0 bridgehead atoms. The van der Waals surface area contributed by atoms with Crippen LogP contribution in [-0.4, -0.2) is 22.8 Å². The number of nitrogens with zero attached hydrogens (tertiary/aromatic N) is 5. The van der Waals surface area contributed by atoms with Gasteiger partial charge in [-0.1, -0.05) is 243 Å². The molecule has 0 fully saturated rings. The number of benzene rings is 19. The lowest BCUT2D eigenvalue weighted by molar-refractivity contribution is 0.666.